The van der Waals surface area contributed by atoms with Gasteiger partial charge in [-0.1, -0.05) is 28.9 Å². The van der Waals surface area contributed by atoms with E-state index in [1.54, 1.807) is 13.0 Å². The number of hydrogen-bond donors (Lipinski definition) is 1. The number of nitrogens with zero attached hydrogens (tertiary/aromatic N) is 1. The molecule has 5 nitrogen and oxygen atoms in total. The van der Waals surface area contributed by atoms with Crippen molar-refractivity contribution in [2.24, 2.45) is 0 Å². The topological polar surface area (TPSA) is 72.2 Å². The number of hydrogen-bond acceptors (Lipinski definition) is 3. The molecule has 1 rings (SSSR count). The van der Waals surface area contributed by atoms with Crippen LogP contribution in [0.2, 0.25) is 0 Å². The maximum Gasteiger partial charge on any atom is 0.270 e. The van der Waals surface area contributed by atoms with Gasteiger partial charge in [0.2, 0.25) is 0 Å². The fourth-order valence-electron chi connectivity index (χ4n) is 1.30. The van der Waals surface area contributed by atoms with Crippen LogP contribution in [0.3, 0.4) is 0 Å². The third-order valence-corrected chi connectivity index (χ3v) is 2.54. The molecule has 0 aliphatic rings. The lowest BCUT2D eigenvalue weighted by molar-refractivity contribution is -0.384. The van der Waals surface area contributed by atoms with E-state index in [9.17, 15) is 14.9 Å². The zero-order valence-corrected chi connectivity index (χ0v) is 11.2. The minimum absolute atomic E-state index is 0.0763. The molecule has 1 atom stereocenters. The second kappa shape index (κ2) is 5.77. The second-order valence-corrected chi connectivity index (χ2v) is 5.31. The highest BCUT2D eigenvalue weighted by atomic mass is 79.9. The first-order valence-electron chi connectivity index (χ1n) is 5.09. The SMILES string of the molecule is Cc1ccc([N+](=O)[O-])cc1C(=O)NCC(C)Br. The van der Waals surface area contributed by atoms with Crippen molar-refractivity contribution in [1.82, 2.24) is 5.32 Å². The summed E-state index contributed by atoms with van der Waals surface area (Å²) in [6.07, 6.45) is 0. The van der Waals surface area contributed by atoms with Crippen molar-refractivity contribution in [3.05, 3.63) is 39.4 Å². The van der Waals surface area contributed by atoms with Crippen LogP contribution in [-0.4, -0.2) is 22.2 Å². The van der Waals surface area contributed by atoms with Crippen LogP contribution in [0.4, 0.5) is 5.69 Å². The van der Waals surface area contributed by atoms with Crippen LogP contribution in [-0.2, 0) is 0 Å². The summed E-state index contributed by atoms with van der Waals surface area (Å²) in [6.45, 7) is 4.12. The van der Waals surface area contributed by atoms with Gasteiger partial charge >= 0.3 is 0 Å². The number of carbonyl (C=O) groups is 1. The van der Waals surface area contributed by atoms with Crippen LogP contribution >= 0.6 is 15.9 Å². The van der Waals surface area contributed by atoms with Gasteiger partial charge in [-0.05, 0) is 12.5 Å². The third kappa shape index (κ3) is 3.81. The summed E-state index contributed by atoms with van der Waals surface area (Å²) in [7, 11) is 0. The molecule has 17 heavy (non-hydrogen) atoms. The molecule has 0 spiro atoms. The fraction of sp³-hybridized carbons (Fsp3) is 0.364. The summed E-state index contributed by atoms with van der Waals surface area (Å²) < 4.78 is 0. The Morgan fingerprint density at radius 2 is 2.24 bits per heavy atom. The lowest BCUT2D eigenvalue weighted by Gasteiger charge is -2.08. The van der Waals surface area contributed by atoms with Crippen LogP contribution in [0.15, 0.2) is 18.2 Å². The number of alkyl halides is 1. The summed E-state index contributed by atoms with van der Waals surface area (Å²) in [5.74, 6) is -0.294. The molecule has 1 aromatic rings. The molecule has 1 unspecified atom stereocenters. The van der Waals surface area contributed by atoms with Crippen LogP contribution in [0, 0.1) is 17.0 Å². The molecule has 6 heteroatoms. The Balaban J connectivity index is 2.92. The van der Waals surface area contributed by atoms with Gasteiger partial charge in [-0.15, -0.1) is 0 Å². The number of nitro groups is 1. The highest BCUT2D eigenvalue weighted by Crippen LogP contribution is 2.17. The van der Waals surface area contributed by atoms with Crippen molar-refractivity contribution in [2.75, 3.05) is 6.54 Å². The molecule has 1 N–H and O–H groups in total. The van der Waals surface area contributed by atoms with E-state index in [0.717, 1.165) is 5.56 Å². The van der Waals surface area contributed by atoms with Gasteiger partial charge in [-0.2, -0.15) is 0 Å². The van der Waals surface area contributed by atoms with Crippen molar-refractivity contribution in [3.8, 4) is 0 Å². The number of amides is 1. The first-order valence-corrected chi connectivity index (χ1v) is 6.00. The molecule has 0 fully saturated rings. The molecule has 0 aliphatic heterocycles. The summed E-state index contributed by atoms with van der Waals surface area (Å²) in [6, 6.07) is 4.26. The maximum absolute atomic E-state index is 11.8. The highest BCUT2D eigenvalue weighted by Gasteiger charge is 2.14. The number of rotatable bonds is 4. The van der Waals surface area contributed by atoms with Gasteiger partial charge < -0.3 is 5.32 Å². The summed E-state index contributed by atoms with van der Waals surface area (Å²) >= 11 is 3.31. The average Bonchev–Trinajstić information content (AvgIpc) is 2.26. The molecule has 0 saturated heterocycles. The second-order valence-electron chi connectivity index (χ2n) is 3.75. The quantitative estimate of drug-likeness (QED) is 0.527. The number of benzene rings is 1. The van der Waals surface area contributed by atoms with E-state index in [2.05, 4.69) is 21.2 Å². The van der Waals surface area contributed by atoms with Crippen molar-refractivity contribution < 1.29 is 9.72 Å². The zero-order chi connectivity index (χ0) is 13.0. The van der Waals surface area contributed by atoms with Gasteiger partial charge in [-0.25, -0.2) is 0 Å². The predicted molar refractivity (Wildman–Crippen MR) is 68.6 cm³/mol. The average molecular weight is 301 g/mol. The number of aryl methyl sites for hydroxylation is 1. The molecule has 92 valence electrons. The van der Waals surface area contributed by atoms with Crippen LogP contribution < -0.4 is 5.32 Å². The van der Waals surface area contributed by atoms with Crippen molar-refractivity contribution >= 4 is 27.5 Å². The number of nitrogens with one attached hydrogen (secondary N) is 1. The van der Waals surface area contributed by atoms with Crippen molar-refractivity contribution in [1.29, 1.82) is 0 Å². The molecular weight excluding hydrogens is 288 g/mol. The lowest BCUT2D eigenvalue weighted by atomic mass is 10.1. The van der Waals surface area contributed by atoms with Gasteiger partial charge in [0.1, 0.15) is 0 Å². The van der Waals surface area contributed by atoms with Crippen molar-refractivity contribution in [2.45, 2.75) is 18.7 Å². The molecule has 0 saturated carbocycles. The molecule has 1 amide bonds. The zero-order valence-electron chi connectivity index (χ0n) is 9.57. The fourth-order valence-corrected chi connectivity index (χ4v) is 1.46. The van der Waals surface area contributed by atoms with Crippen LogP contribution in [0.5, 0.6) is 0 Å². The summed E-state index contributed by atoms with van der Waals surface area (Å²) in [4.78, 5) is 22.1. The number of carbonyl (C=O) groups excluding carboxylic acids is 1. The first-order chi connectivity index (χ1) is 7.91. The molecule has 0 aliphatic carbocycles. The van der Waals surface area contributed by atoms with E-state index in [-0.39, 0.29) is 16.4 Å². The highest BCUT2D eigenvalue weighted by molar-refractivity contribution is 9.09. The van der Waals surface area contributed by atoms with Crippen LogP contribution in [0.25, 0.3) is 0 Å². The van der Waals surface area contributed by atoms with E-state index in [0.29, 0.717) is 12.1 Å². The van der Waals surface area contributed by atoms with E-state index in [4.69, 9.17) is 0 Å². The number of non-ortho nitro benzene ring substituents is 1. The summed E-state index contributed by atoms with van der Waals surface area (Å²) in [5, 5.41) is 13.3. The monoisotopic (exact) mass is 300 g/mol. The minimum Gasteiger partial charge on any atom is -0.351 e. The largest absolute Gasteiger partial charge is 0.351 e. The minimum atomic E-state index is -0.511. The molecule has 0 bridgehead atoms. The third-order valence-electron chi connectivity index (χ3n) is 2.22. The van der Waals surface area contributed by atoms with Crippen LogP contribution in [0.1, 0.15) is 22.8 Å². The van der Waals surface area contributed by atoms with E-state index >= 15 is 0 Å². The normalized spacial score (nSPS) is 11.9. The molecule has 0 heterocycles. The van der Waals surface area contributed by atoms with Gasteiger partial charge in [0.25, 0.3) is 11.6 Å². The van der Waals surface area contributed by atoms with Gasteiger partial charge in [-0.3, -0.25) is 14.9 Å². The van der Waals surface area contributed by atoms with Gasteiger partial charge in [0, 0.05) is 29.1 Å². The Bertz CT molecular complexity index is 446. The Morgan fingerprint density at radius 3 is 2.76 bits per heavy atom. The Labute approximate surface area is 107 Å². The Morgan fingerprint density at radius 1 is 1.59 bits per heavy atom. The van der Waals surface area contributed by atoms with Crippen molar-refractivity contribution in [3.63, 3.8) is 0 Å². The standard InChI is InChI=1S/C11H13BrN2O3/c1-7-3-4-9(14(16)17)5-10(7)11(15)13-6-8(2)12/h3-5,8H,6H2,1-2H3,(H,13,15). The van der Waals surface area contributed by atoms with Gasteiger partial charge in [0.15, 0.2) is 0 Å². The Hall–Kier alpha value is -1.43. The molecular formula is C11H13BrN2O3. The number of nitro benzene ring substituents is 1. The van der Waals surface area contributed by atoms with E-state index in [1.165, 1.54) is 12.1 Å². The van der Waals surface area contributed by atoms with E-state index in [1.807, 2.05) is 6.92 Å². The maximum atomic E-state index is 11.8. The smallest absolute Gasteiger partial charge is 0.270 e. The summed E-state index contributed by atoms with van der Waals surface area (Å²) in [5.41, 5.74) is 0.982. The Kier molecular flexibility index (Phi) is 4.62. The van der Waals surface area contributed by atoms with E-state index < -0.39 is 4.92 Å². The van der Waals surface area contributed by atoms with Gasteiger partial charge in [0.05, 0.1) is 4.92 Å². The predicted octanol–water partition coefficient (Wildman–Crippen LogP) is 2.42. The molecule has 1 aromatic carbocycles. The first kappa shape index (κ1) is 13.6. The number of halogens is 1. The lowest BCUT2D eigenvalue weighted by Crippen LogP contribution is -2.28. The molecule has 0 aromatic heterocycles. The molecule has 0 radical (unpaired) electrons.